The second-order valence-corrected chi connectivity index (χ2v) is 3.29. The van der Waals surface area contributed by atoms with Crippen molar-refractivity contribution in [3.63, 3.8) is 0 Å². The minimum Gasteiger partial charge on any atom is -0.492 e. The van der Waals surface area contributed by atoms with Crippen molar-refractivity contribution in [2.24, 2.45) is 11.7 Å². The van der Waals surface area contributed by atoms with Crippen molar-refractivity contribution in [1.29, 1.82) is 5.26 Å². The van der Waals surface area contributed by atoms with Crippen molar-refractivity contribution in [3.8, 4) is 11.8 Å². The molecule has 1 unspecified atom stereocenters. The fraction of sp³-hybridized carbons (Fsp3) is 0.200. The zero-order valence-electron chi connectivity index (χ0n) is 7.81. The van der Waals surface area contributed by atoms with E-state index < -0.39 is 11.8 Å². The molecule has 0 aliphatic rings. The maximum absolute atomic E-state index is 10.7. The van der Waals surface area contributed by atoms with Crippen molar-refractivity contribution in [2.75, 3.05) is 6.61 Å². The Hall–Kier alpha value is -1.73. The summed E-state index contributed by atoms with van der Waals surface area (Å²) in [5.41, 5.74) is 4.97. The van der Waals surface area contributed by atoms with Crippen molar-refractivity contribution >= 4 is 17.5 Å². The van der Waals surface area contributed by atoms with Crippen LogP contribution in [0.5, 0.6) is 5.75 Å². The van der Waals surface area contributed by atoms with Crippen LogP contribution in [0.3, 0.4) is 0 Å². The molecule has 5 heteroatoms. The number of primary amides is 1. The van der Waals surface area contributed by atoms with E-state index in [1.807, 2.05) is 0 Å². The van der Waals surface area contributed by atoms with Crippen molar-refractivity contribution < 1.29 is 9.53 Å². The number of benzene rings is 1. The smallest absolute Gasteiger partial charge is 0.238 e. The van der Waals surface area contributed by atoms with Crippen LogP contribution < -0.4 is 10.5 Å². The number of rotatable bonds is 4. The molecule has 0 heterocycles. The summed E-state index contributed by atoms with van der Waals surface area (Å²) in [6.07, 6.45) is 0. The molecule has 78 valence electrons. The number of carbonyl (C=O) groups is 1. The summed E-state index contributed by atoms with van der Waals surface area (Å²) in [6, 6.07) is 8.37. The van der Waals surface area contributed by atoms with E-state index in [4.69, 9.17) is 27.3 Å². The largest absolute Gasteiger partial charge is 0.492 e. The maximum Gasteiger partial charge on any atom is 0.238 e. The summed E-state index contributed by atoms with van der Waals surface area (Å²) in [7, 11) is 0. The molecule has 0 bridgehead atoms. The van der Waals surface area contributed by atoms with Crippen LogP contribution in [0.1, 0.15) is 0 Å². The van der Waals surface area contributed by atoms with E-state index >= 15 is 0 Å². The first-order chi connectivity index (χ1) is 7.13. The number of nitriles is 1. The Morgan fingerprint density at radius 3 is 2.60 bits per heavy atom. The number of hydrogen-bond donors (Lipinski definition) is 1. The van der Waals surface area contributed by atoms with Gasteiger partial charge in [0.1, 0.15) is 12.4 Å². The standard InChI is InChI=1S/C10H9ClN2O2/c11-8-1-3-9(4-2-8)15-6-7(5-12)10(13)14/h1-4,7H,6H2,(H2,13,14). The summed E-state index contributed by atoms with van der Waals surface area (Å²) in [5, 5.41) is 9.16. The third-order valence-electron chi connectivity index (χ3n) is 1.73. The summed E-state index contributed by atoms with van der Waals surface area (Å²) in [4.78, 5) is 10.7. The molecule has 0 aliphatic heterocycles. The first-order valence-electron chi connectivity index (χ1n) is 4.21. The van der Waals surface area contributed by atoms with Gasteiger partial charge in [-0.2, -0.15) is 5.26 Å². The van der Waals surface area contributed by atoms with Gasteiger partial charge in [0, 0.05) is 5.02 Å². The fourth-order valence-electron chi connectivity index (χ4n) is 0.893. The highest BCUT2D eigenvalue weighted by Gasteiger charge is 2.14. The van der Waals surface area contributed by atoms with Crippen LogP contribution in [-0.2, 0) is 4.79 Å². The van der Waals surface area contributed by atoms with Gasteiger partial charge in [-0.05, 0) is 24.3 Å². The molecule has 1 atom stereocenters. The quantitative estimate of drug-likeness (QED) is 0.839. The Labute approximate surface area is 92.2 Å². The molecule has 0 fully saturated rings. The van der Waals surface area contributed by atoms with Crippen LogP contribution in [0.4, 0.5) is 0 Å². The van der Waals surface area contributed by atoms with Gasteiger partial charge in [0.2, 0.25) is 5.91 Å². The molecule has 0 saturated carbocycles. The van der Waals surface area contributed by atoms with Gasteiger partial charge in [-0.25, -0.2) is 0 Å². The van der Waals surface area contributed by atoms with Gasteiger partial charge < -0.3 is 10.5 Å². The molecule has 0 aromatic heterocycles. The number of halogens is 1. The van der Waals surface area contributed by atoms with E-state index in [-0.39, 0.29) is 6.61 Å². The van der Waals surface area contributed by atoms with Crippen LogP contribution >= 0.6 is 11.6 Å². The Kier molecular flexibility index (Phi) is 3.95. The lowest BCUT2D eigenvalue weighted by Gasteiger charge is -2.07. The van der Waals surface area contributed by atoms with E-state index in [1.165, 1.54) is 0 Å². The lowest BCUT2D eigenvalue weighted by atomic mass is 10.2. The van der Waals surface area contributed by atoms with Gasteiger partial charge in [-0.3, -0.25) is 4.79 Å². The molecule has 0 aliphatic carbocycles. The topological polar surface area (TPSA) is 76.1 Å². The minimum atomic E-state index is -0.930. The number of nitrogens with zero attached hydrogens (tertiary/aromatic N) is 1. The third-order valence-corrected chi connectivity index (χ3v) is 1.98. The van der Waals surface area contributed by atoms with Gasteiger partial charge in [0.25, 0.3) is 0 Å². The van der Waals surface area contributed by atoms with Gasteiger partial charge in [0.05, 0.1) is 6.07 Å². The molecular formula is C10H9ClN2O2. The molecule has 0 spiro atoms. The van der Waals surface area contributed by atoms with Crippen molar-refractivity contribution in [3.05, 3.63) is 29.3 Å². The van der Waals surface area contributed by atoms with Gasteiger partial charge in [0.15, 0.2) is 5.92 Å². The summed E-state index contributed by atoms with van der Waals surface area (Å²) >= 11 is 5.67. The molecule has 0 radical (unpaired) electrons. The van der Waals surface area contributed by atoms with E-state index in [9.17, 15) is 4.79 Å². The summed E-state index contributed by atoms with van der Waals surface area (Å²) < 4.78 is 5.19. The Morgan fingerprint density at radius 2 is 2.13 bits per heavy atom. The highest BCUT2D eigenvalue weighted by molar-refractivity contribution is 6.30. The van der Waals surface area contributed by atoms with E-state index in [0.29, 0.717) is 10.8 Å². The predicted octanol–water partition coefficient (Wildman–Crippen LogP) is 1.34. The Balaban J connectivity index is 2.54. The monoisotopic (exact) mass is 224 g/mol. The molecule has 0 saturated heterocycles. The number of ether oxygens (including phenoxy) is 1. The average molecular weight is 225 g/mol. The van der Waals surface area contributed by atoms with E-state index in [0.717, 1.165) is 0 Å². The van der Waals surface area contributed by atoms with Gasteiger partial charge in [-0.1, -0.05) is 11.6 Å². The number of nitrogens with two attached hydrogens (primary N) is 1. The first kappa shape index (κ1) is 11.3. The zero-order valence-corrected chi connectivity index (χ0v) is 8.57. The maximum atomic E-state index is 10.7. The second-order valence-electron chi connectivity index (χ2n) is 2.85. The molecule has 1 aromatic rings. The average Bonchev–Trinajstić information content (AvgIpc) is 2.21. The van der Waals surface area contributed by atoms with Crippen LogP contribution in [0.2, 0.25) is 5.02 Å². The molecule has 2 N–H and O–H groups in total. The SMILES string of the molecule is N#CC(COc1ccc(Cl)cc1)C(N)=O. The van der Waals surface area contributed by atoms with Crippen LogP contribution in [-0.4, -0.2) is 12.5 Å². The van der Waals surface area contributed by atoms with Crippen molar-refractivity contribution in [1.82, 2.24) is 0 Å². The van der Waals surface area contributed by atoms with Crippen LogP contribution in [0.15, 0.2) is 24.3 Å². The fourth-order valence-corrected chi connectivity index (χ4v) is 1.02. The summed E-state index contributed by atoms with van der Waals surface area (Å²) in [5.74, 6) is -1.08. The zero-order chi connectivity index (χ0) is 11.3. The van der Waals surface area contributed by atoms with E-state index in [2.05, 4.69) is 0 Å². The van der Waals surface area contributed by atoms with E-state index in [1.54, 1.807) is 30.3 Å². The Morgan fingerprint density at radius 1 is 1.53 bits per heavy atom. The number of carbonyl (C=O) groups excluding carboxylic acids is 1. The molecule has 1 aromatic carbocycles. The highest BCUT2D eigenvalue weighted by atomic mass is 35.5. The van der Waals surface area contributed by atoms with Crippen LogP contribution in [0, 0.1) is 17.2 Å². The number of hydrogen-bond acceptors (Lipinski definition) is 3. The molecule has 15 heavy (non-hydrogen) atoms. The van der Waals surface area contributed by atoms with Gasteiger partial charge in [-0.15, -0.1) is 0 Å². The molecule has 1 amide bonds. The second kappa shape index (κ2) is 5.23. The molecule has 4 nitrogen and oxygen atoms in total. The summed E-state index contributed by atoms with van der Waals surface area (Å²) in [6.45, 7) is -0.0481. The predicted molar refractivity (Wildman–Crippen MR) is 55.2 cm³/mol. The first-order valence-corrected chi connectivity index (χ1v) is 4.58. The molecular weight excluding hydrogens is 216 g/mol. The minimum absolute atomic E-state index is 0.0481. The molecule has 1 rings (SSSR count). The highest BCUT2D eigenvalue weighted by Crippen LogP contribution is 2.16. The normalized spacial score (nSPS) is 11.5. The van der Waals surface area contributed by atoms with Crippen LogP contribution in [0.25, 0.3) is 0 Å². The lowest BCUT2D eigenvalue weighted by molar-refractivity contribution is -0.120. The lowest BCUT2D eigenvalue weighted by Crippen LogP contribution is -2.27. The van der Waals surface area contributed by atoms with Gasteiger partial charge >= 0.3 is 0 Å². The number of amides is 1. The third kappa shape index (κ3) is 3.49. The van der Waals surface area contributed by atoms with Crippen molar-refractivity contribution in [2.45, 2.75) is 0 Å². The Bertz CT molecular complexity index is 383.